The molecule has 0 saturated carbocycles. The van der Waals surface area contributed by atoms with Gasteiger partial charge in [-0.15, -0.1) is 0 Å². The molecule has 0 fully saturated rings. The van der Waals surface area contributed by atoms with Gasteiger partial charge >= 0.3 is 26.4 Å². The molecule has 0 unspecified atom stereocenters. The second kappa shape index (κ2) is 5.35. The first-order valence-electron chi connectivity index (χ1n) is 4.33. The highest BCUT2D eigenvalue weighted by Crippen LogP contribution is 2.55. The number of halogens is 9. The smallest absolute Gasteiger partial charge is 0.303 e. The summed E-state index contributed by atoms with van der Waals surface area (Å²) < 4.78 is 123. The first kappa shape index (κ1) is 19.5. The topological polar surface area (TPSA) is 66.8 Å². The van der Waals surface area contributed by atoms with Crippen LogP contribution in [0.4, 0.5) is 39.5 Å². The second-order valence-corrected chi connectivity index (χ2v) is 4.82. The van der Waals surface area contributed by atoms with Gasteiger partial charge in [-0.2, -0.15) is 39.5 Å². The minimum absolute atomic E-state index is 2.84. The van der Waals surface area contributed by atoms with E-state index in [-0.39, 0.29) is 0 Å². The molecule has 0 aliphatic rings. The minimum atomic E-state index is -6.32. The maximum Gasteiger partial charge on any atom is 0.470 e. The summed E-state index contributed by atoms with van der Waals surface area (Å²) in [7, 11) is -6.28. The molecule has 0 bridgehead atoms. The summed E-state index contributed by atoms with van der Waals surface area (Å²) in [4.78, 5) is 16.3. The van der Waals surface area contributed by atoms with Crippen LogP contribution in [0.1, 0.15) is 12.8 Å². The molecule has 0 spiro atoms. The molecule has 0 aromatic carbocycles. The van der Waals surface area contributed by atoms with Gasteiger partial charge in [0, 0.05) is 0 Å². The molecule has 0 amide bonds. The standard InChI is InChI=1S/C6H6F9O4P/c7-4(8,9)1-3(6(13,14)15,2-5(10,11)12)19-20(16,17)18/h1-2H2,(H2,16,17,18). The molecule has 0 heterocycles. The van der Waals surface area contributed by atoms with Crippen molar-refractivity contribution in [3.63, 3.8) is 0 Å². The number of phosphoric ester groups is 1. The van der Waals surface area contributed by atoms with Crippen LogP contribution in [0, 0.1) is 0 Å². The molecule has 0 aromatic rings. The van der Waals surface area contributed by atoms with Crippen molar-refractivity contribution in [2.75, 3.05) is 0 Å². The maximum absolute atomic E-state index is 12.5. The summed E-state index contributed by atoms with van der Waals surface area (Å²) in [6.07, 6.45) is -24.5. The molecular formula is C6H6F9O4P. The quantitative estimate of drug-likeness (QED) is 0.607. The SMILES string of the molecule is O=P(O)(O)OC(CC(F)(F)F)(CC(F)(F)F)C(F)(F)F. The number of hydrogen-bond acceptors (Lipinski definition) is 2. The van der Waals surface area contributed by atoms with Crippen molar-refractivity contribution < 1.29 is 58.4 Å². The molecule has 0 aliphatic carbocycles. The average Bonchev–Trinajstić information content (AvgIpc) is 1.88. The van der Waals surface area contributed by atoms with Crippen molar-refractivity contribution in [1.82, 2.24) is 0 Å². The Morgan fingerprint density at radius 3 is 1.25 bits per heavy atom. The molecule has 0 aromatic heterocycles. The zero-order valence-corrected chi connectivity index (χ0v) is 9.87. The Bertz CT molecular complexity index is 361. The predicted molar refractivity (Wildman–Crippen MR) is 43.3 cm³/mol. The van der Waals surface area contributed by atoms with E-state index < -0.39 is 44.8 Å². The number of phosphoric acid groups is 1. The van der Waals surface area contributed by atoms with Crippen LogP contribution in [0.25, 0.3) is 0 Å². The van der Waals surface area contributed by atoms with E-state index in [4.69, 9.17) is 9.79 Å². The average molecular weight is 344 g/mol. The van der Waals surface area contributed by atoms with Gasteiger partial charge in [0.25, 0.3) is 0 Å². The molecular weight excluding hydrogens is 338 g/mol. The normalized spacial score (nSPS) is 15.6. The van der Waals surface area contributed by atoms with Gasteiger partial charge in [-0.05, 0) is 0 Å². The number of hydrogen-bond donors (Lipinski definition) is 2. The fraction of sp³-hybridized carbons (Fsp3) is 1.00. The van der Waals surface area contributed by atoms with Crippen molar-refractivity contribution in [3.8, 4) is 0 Å². The van der Waals surface area contributed by atoms with E-state index in [1.54, 1.807) is 0 Å². The van der Waals surface area contributed by atoms with Gasteiger partial charge in [-0.25, -0.2) is 4.57 Å². The first-order valence-corrected chi connectivity index (χ1v) is 5.86. The lowest BCUT2D eigenvalue weighted by Gasteiger charge is -2.36. The summed E-state index contributed by atoms with van der Waals surface area (Å²) in [5, 5.41) is 0. The van der Waals surface area contributed by atoms with E-state index in [2.05, 4.69) is 4.52 Å². The molecule has 4 nitrogen and oxygen atoms in total. The highest BCUT2D eigenvalue weighted by molar-refractivity contribution is 7.46. The molecule has 0 aliphatic heterocycles. The summed E-state index contributed by atoms with van der Waals surface area (Å²) >= 11 is 0. The molecule has 0 saturated heterocycles. The van der Waals surface area contributed by atoms with Gasteiger partial charge in [-0.1, -0.05) is 0 Å². The highest BCUT2D eigenvalue weighted by atomic mass is 31.2. The van der Waals surface area contributed by atoms with Crippen molar-refractivity contribution in [1.29, 1.82) is 0 Å². The van der Waals surface area contributed by atoms with E-state index in [0.717, 1.165) is 0 Å². The van der Waals surface area contributed by atoms with Gasteiger partial charge in [0.1, 0.15) is 0 Å². The summed E-state index contributed by atoms with van der Waals surface area (Å²) in [6, 6.07) is 0. The third-order valence-electron chi connectivity index (χ3n) is 1.78. The maximum atomic E-state index is 12.5. The number of alkyl halides is 9. The fourth-order valence-corrected chi connectivity index (χ4v) is 1.94. The number of rotatable bonds is 4. The molecule has 2 N–H and O–H groups in total. The Kier molecular flexibility index (Phi) is 5.21. The minimum Gasteiger partial charge on any atom is -0.303 e. The third kappa shape index (κ3) is 6.77. The lowest BCUT2D eigenvalue weighted by atomic mass is 9.94. The highest BCUT2D eigenvalue weighted by Gasteiger charge is 2.66. The molecule has 20 heavy (non-hydrogen) atoms. The van der Waals surface area contributed by atoms with Gasteiger partial charge < -0.3 is 9.79 Å². The van der Waals surface area contributed by atoms with Crippen molar-refractivity contribution in [2.24, 2.45) is 0 Å². The first-order chi connectivity index (χ1) is 8.37. The van der Waals surface area contributed by atoms with Crippen LogP contribution in [0.2, 0.25) is 0 Å². The lowest BCUT2D eigenvalue weighted by molar-refractivity contribution is -0.313. The van der Waals surface area contributed by atoms with Gasteiger partial charge in [0.05, 0.1) is 12.8 Å². The largest absolute Gasteiger partial charge is 0.470 e. The molecule has 122 valence electrons. The predicted octanol–water partition coefficient (Wildman–Crippen LogP) is 3.30. The van der Waals surface area contributed by atoms with Gasteiger partial charge in [-0.3, -0.25) is 4.52 Å². The zero-order chi connectivity index (χ0) is 16.6. The van der Waals surface area contributed by atoms with Crippen molar-refractivity contribution in [3.05, 3.63) is 0 Å². The fourth-order valence-electron chi connectivity index (χ4n) is 1.25. The van der Waals surface area contributed by atoms with Crippen LogP contribution in [0.15, 0.2) is 0 Å². The second-order valence-electron chi connectivity index (χ2n) is 3.66. The van der Waals surface area contributed by atoms with Crippen LogP contribution in [-0.4, -0.2) is 33.9 Å². The van der Waals surface area contributed by atoms with E-state index in [9.17, 15) is 44.1 Å². The van der Waals surface area contributed by atoms with Crippen molar-refractivity contribution in [2.45, 2.75) is 37.0 Å². The lowest BCUT2D eigenvalue weighted by Crippen LogP contribution is -2.52. The van der Waals surface area contributed by atoms with Crippen LogP contribution in [0.5, 0.6) is 0 Å². The Morgan fingerprint density at radius 1 is 0.800 bits per heavy atom. The Morgan fingerprint density at radius 2 is 1.10 bits per heavy atom. The summed E-state index contributed by atoms with van der Waals surface area (Å²) in [6.45, 7) is 0. The van der Waals surface area contributed by atoms with E-state index in [1.165, 1.54) is 0 Å². The van der Waals surface area contributed by atoms with Crippen LogP contribution in [0.3, 0.4) is 0 Å². The summed E-state index contributed by atoms with van der Waals surface area (Å²) in [5.41, 5.74) is -5.12. The molecule has 14 heteroatoms. The van der Waals surface area contributed by atoms with Crippen LogP contribution >= 0.6 is 7.82 Å². The van der Waals surface area contributed by atoms with Crippen molar-refractivity contribution >= 4 is 7.82 Å². The summed E-state index contributed by atoms with van der Waals surface area (Å²) in [5.74, 6) is 0. The molecule has 0 atom stereocenters. The Balaban J connectivity index is 5.85. The van der Waals surface area contributed by atoms with E-state index in [1.807, 2.05) is 0 Å². The zero-order valence-electron chi connectivity index (χ0n) is 8.97. The molecule has 0 rings (SSSR count). The Hall–Kier alpha value is -0.520. The van der Waals surface area contributed by atoms with Crippen LogP contribution in [-0.2, 0) is 9.09 Å². The van der Waals surface area contributed by atoms with E-state index >= 15 is 0 Å². The third-order valence-corrected chi connectivity index (χ3v) is 2.37. The monoisotopic (exact) mass is 344 g/mol. The van der Waals surface area contributed by atoms with Gasteiger partial charge in [0.2, 0.25) is 0 Å². The Labute approximate surface area is 104 Å². The van der Waals surface area contributed by atoms with Crippen LogP contribution < -0.4 is 0 Å². The van der Waals surface area contributed by atoms with Gasteiger partial charge in [0.15, 0.2) is 5.60 Å². The van der Waals surface area contributed by atoms with E-state index in [0.29, 0.717) is 0 Å². The molecule has 0 radical (unpaired) electrons.